The Morgan fingerprint density at radius 2 is 2.10 bits per heavy atom. The molecule has 1 aromatic carbocycles. The minimum absolute atomic E-state index is 0.0495. The predicted octanol–water partition coefficient (Wildman–Crippen LogP) is 4.42. The molecule has 1 aliphatic rings. The second-order valence-corrected chi connectivity index (χ2v) is 5.86. The first kappa shape index (κ1) is 16.1. The lowest BCUT2D eigenvalue weighted by atomic mass is 9.74. The van der Waals surface area contributed by atoms with Gasteiger partial charge in [0.15, 0.2) is 6.61 Å². The number of hydrogen-bond acceptors (Lipinski definition) is 3. The van der Waals surface area contributed by atoms with Crippen molar-refractivity contribution in [2.45, 2.75) is 32.1 Å². The van der Waals surface area contributed by atoms with Crippen molar-refractivity contribution in [2.24, 2.45) is 5.92 Å². The van der Waals surface area contributed by atoms with Gasteiger partial charge in [-0.1, -0.05) is 40.6 Å². The molecule has 0 amide bonds. The highest BCUT2D eigenvalue weighted by atomic mass is 79.9. The molecule has 1 fully saturated rings. The largest absolute Gasteiger partial charge is 0.482 e. The number of carbonyl (C=O) groups is 1. The van der Waals surface area contributed by atoms with Crippen LogP contribution < -0.4 is 4.74 Å². The van der Waals surface area contributed by atoms with Crippen LogP contribution in [-0.2, 0) is 9.53 Å². The van der Waals surface area contributed by atoms with Crippen molar-refractivity contribution in [2.75, 3.05) is 13.7 Å². The molecule has 2 rings (SSSR count). The van der Waals surface area contributed by atoms with Crippen molar-refractivity contribution in [3.8, 4) is 5.75 Å². The van der Waals surface area contributed by atoms with Gasteiger partial charge in [0.05, 0.1) is 7.11 Å². The van der Waals surface area contributed by atoms with Crippen LogP contribution in [0.2, 0.25) is 0 Å². The minimum Gasteiger partial charge on any atom is -0.482 e. The highest BCUT2D eigenvalue weighted by molar-refractivity contribution is 9.11. The van der Waals surface area contributed by atoms with E-state index in [0.717, 1.165) is 0 Å². The van der Waals surface area contributed by atoms with Gasteiger partial charge in [-0.2, -0.15) is 0 Å². The first-order chi connectivity index (χ1) is 10.2. The molecule has 0 heterocycles. The fourth-order valence-electron chi connectivity index (χ4n) is 2.88. The van der Waals surface area contributed by atoms with Crippen molar-refractivity contribution in [3.63, 3.8) is 0 Å². The third kappa shape index (κ3) is 4.10. The molecular weight excluding hydrogens is 332 g/mol. The average molecular weight is 353 g/mol. The molecule has 0 spiro atoms. The number of benzene rings is 1. The van der Waals surface area contributed by atoms with E-state index < -0.39 is 0 Å². The number of rotatable bonds is 4. The predicted molar refractivity (Wildman–Crippen MR) is 86.7 cm³/mol. The van der Waals surface area contributed by atoms with E-state index in [4.69, 9.17) is 4.74 Å². The second-order valence-electron chi connectivity index (χ2n) is 5.41. The second kappa shape index (κ2) is 7.64. The zero-order chi connectivity index (χ0) is 15.2. The summed E-state index contributed by atoms with van der Waals surface area (Å²) < 4.78 is 9.93. The number of carbonyl (C=O) groups excluding carboxylic acids is 1. The Kier molecular flexibility index (Phi) is 5.85. The molecule has 0 aromatic heterocycles. The zero-order valence-electron chi connectivity index (χ0n) is 12.5. The van der Waals surface area contributed by atoms with Crippen LogP contribution in [0, 0.1) is 5.92 Å². The Balaban J connectivity index is 2.03. The molecule has 1 aliphatic carbocycles. The SMILES string of the molecule is COC(=O)COc1ccc([C@H]2CCC/C(=C\Br)[C@@H]2C)cc1. The first-order valence-corrected chi connectivity index (χ1v) is 8.16. The molecule has 114 valence electrons. The summed E-state index contributed by atoms with van der Waals surface area (Å²) in [6, 6.07) is 8.06. The van der Waals surface area contributed by atoms with E-state index in [1.54, 1.807) is 0 Å². The molecule has 0 radical (unpaired) electrons. The Morgan fingerprint density at radius 1 is 1.38 bits per heavy atom. The monoisotopic (exact) mass is 352 g/mol. The van der Waals surface area contributed by atoms with Crippen molar-refractivity contribution in [3.05, 3.63) is 40.4 Å². The molecular formula is C17H21BrO3. The van der Waals surface area contributed by atoms with Crippen LogP contribution in [0.1, 0.15) is 37.7 Å². The number of allylic oxidation sites excluding steroid dienone is 1. The van der Waals surface area contributed by atoms with Gasteiger partial charge in [-0.15, -0.1) is 0 Å². The summed E-state index contributed by atoms with van der Waals surface area (Å²) in [6.07, 6.45) is 3.63. The Morgan fingerprint density at radius 3 is 2.71 bits per heavy atom. The van der Waals surface area contributed by atoms with E-state index >= 15 is 0 Å². The van der Waals surface area contributed by atoms with E-state index in [0.29, 0.717) is 17.6 Å². The topological polar surface area (TPSA) is 35.5 Å². The quantitative estimate of drug-likeness (QED) is 0.752. The summed E-state index contributed by atoms with van der Waals surface area (Å²) in [5.41, 5.74) is 2.82. The fourth-order valence-corrected chi connectivity index (χ4v) is 3.53. The highest BCUT2D eigenvalue weighted by Gasteiger charge is 2.26. The molecule has 0 saturated heterocycles. The van der Waals surface area contributed by atoms with Gasteiger partial charge in [-0.3, -0.25) is 0 Å². The molecule has 2 atom stereocenters. The van der Waals surface area contributed by atoms with E-state index in [-0.39, 0.29) is 12.6 Å². The Hall–Kier alpha value is -1.29. The summed E-state index contributed by atoms with van der Waals surface area (Å²) in [7, 11) is 1.36. The molecule has 4 heteroatoms. The lowest BCUT2D eigenvalue weighted by Crippen LogP contribution is -2.17. The van der Waals surface area contributed by atoms with Gasteiger partial charge in [0, 0.05) is 0 Å². The lowest BCUT2D eigenvalue weighted by molar-refractivity contribution is -0.142. The maximum absolute atomic E-state index is 11.1. The van der Waals surface area contributed by atoms with Gasteiger partial charge in [0.1, 0.15) is 5.75 Å². The van der Waals surface area contributed by atoms with Gasteiger partial charge in [0.2, 0.25) is 0 Å². The molecule has 0 unspecified atom stereocenters. The normalized spacial score (nSPS) is 23.9. The van der Waals surface area contributed by atoms with Crippen LogP contribution in [0.3, 0.4) is 0 Å². The summed E-state index contributed by atoms with van der Waals surface area (Å²) in [5, 5.41) is 0. The standard InChI is InChI=1S/C17H21BrO3/c1-12-14(10-18)4-3-5-16(12)13-6-8-15(9-7-13)21-11-17(19)20-2/h6-10,12,16H,3-5,11H2,1-2H3/b14-10+/t12-,16-/m0/s1. The van der Waals surface area contributed by atoms with Gasteiger partial charge in [-0.05, 0) is 53.8 Å². The van der Waals surface area contributed by atoms with Crippen molar-refractivity contribution in [1.29, 1.82) is 0 Å². The zero-order valence-corrected chi connectivity index (χ0v) is 14.1. The third-order valence-electron chi connectivity index (χ3n) is 4.20. The van der Waals surface area contributed by atoms with Gasteiger partial charge < -0.3 is 9.47 Å². The van der Waals surface area contributed by atoms with E-state index in [9.17, 15) is 4.79 Å². The highest BCUT2D eigenvalue weighted by Crippen LogP contribution is 2.41. The molecule has 3 nitrogen and oxygen atoms in total. The molecule has 1 saturated carbocycles. The van der Waals surface area contributed by atoms with Gasteiger partial charge in [0.25, 0.3) is 0 Å². The molecule has 21 heavy (non-hydrogen) atoms. The molecule has 0 aliphatic heterocycles. The average Bonchev–Trinajstić information content (AvgIpc) is 2.53. The number of methoxy groups -OCH3 is 1. The summed E-state index contributed by atoms with van der Waals surface area (Å²) >= 11 is 3.48. The molecule has 1 aromatic rings. The smallest absolute Gasteiger partial charge is 0.343 e. The summed E-state index contributed by atoms with van der Waals surface area (Å²) in [4.78, 5) is 13.1. The van der Waals surface area contributed by atoms with Crippen LogP contribution in [0.15, 0.2) is 34.8 Å². The van der Waals surface area contributed by atoms with Crippen LogP contribution in [0.25, 0.3) is 0 Å². The molecule has 0 N–H and O–H groups in total. The maximum atomic E-state index is 11.1. The van der Waals surface area contributed by atoms with Crippen LogP contribution >= 0.6 is 15.9 Å². The lowest BCUT2D eigenvalue weighted by Gasteiger charge is -2.31. The van der Waals surface area contributed by atoms with Crippen molar-refractivity contribution < 1.29 is 14.3 Å². The van der Waals surface area contributed by atoms with Crippen LogP contribution in [0.4, 0.5) is 0 Å². The fraction of sp³-hybridized carbons (Fsp3) is 0.471. The van der Waals surface area contributed by atoms with E-state index in [1.165, 1.54) is 37.5 Å². The van der Waals surface area contributed by atoms with Crippen LogP contribution in [0.5, 0.6) is 5.75 Å². The minimum atomic E-state index is -0.368. The summed E-state index contributed by atoms with van der Waals surface area (Å²) in [5.74, 6) is 1.44. The summed E-state index contributed by atoms with van der Waals surface area (Å²) in [6.45, 7) is 2.24. The maximum Gasteiger partial charge on any atom is 0.343 e. The Bertz CT molecular complexity index is 507. The van der Waals surface area contributed by atoms with Crippen LogP contribution in [-0.4, -0.2) is 19.7 Å². The Labute approximate surface area is 134 Å². The van der Waals surface area contributed by atoms with E-state index in [1.807, 2.05) is 12.1 Å². The van der Waals surface area contributed by atoms with Gasteiger partial charge >= 0.3 is 5.97 Å². The number of hydrogen-bond donors (Lipinski definition) is 0. The number of halogens is 1. The van der Waals surface area contributed by atoms with E-state index in [2.05, 4.69) is 44.7 Å². The first-order valence-electron chi connectivity index (χ1n) is 7.24. The van der Waals surface area contributed by atoms with Crippen molar-refractivity contribution >= 4 is 21.9 Å². The van der Waals surface area contributed by atoms with Gasteiger partial charge in [-0.25, -0.2) is 4.79 Å². The number of esters is 1. The number of ether oxygens (including phenoxy) is 2. The third-order valence-corrected chi connectivity index (χ3v) is 4.79. The van der Waals surface area contributed by atoms with Crippen molar-refractivity contribution in [1.82, 2.24) is 0 Å². The molecule has 0 bridgehead atoms.